The van der Waals surface area contributed by atoms with E-state index in [4.69, 9.17) is 4.74 Å². The van der Waals surface area contributed by atoms with Gasteiger partial charge in [-0.05, 0) is 60.8 Å². The summed E-state index contributed by atoms with van der Waals surface area (Å²) in [6.45, 7) is 2.73. The van der Waals surface area contributed by atoms with Crippen LogP contribution in [0.5, 0.6) is 5.75 Å². The average Bonchev–Trinajstić information content (AvgIpc) is 3.19. The number of ether oxygens (including phenoxy) is 1. The number of anilines is 1. The van der Waals surface area contributed by atoms with Gasteiger partial charge in [0.15, 0.2) is 0 Å². The van der Waals surface area contributed by atoms with Gasteiger partial charge in [-0.2, -0.15) is 0 Å². The van der Waals surface area contributed by atoms with E-state index in [1.165, 1.54) is 17.7 Å². The maximum absolute atomic E-state index is 13.0. The van der Waals surface area contributed by atoms with Crippen LogP contribution < -0.4 is 9.64 Å². The van der Waals surface area contributed by atoms with Crippen molar-refractivity contribution in [2.45, 2.75) is 26.2 Å². The largest absolute Gasteiger partial charge is 0.494 e. The third-order valence-corrected chi connectivity index (χ3v) is 6.42. The standard InChI is InChI=1S/C20H21NO3/c1-2-11-24-13-5-3-12(4-6-13)21-18(22)16-14-7-8-15(17(16)19(21)23)20(14)9-10-20/h3-8,14-17H,2,9-11H2,1H3/t14-,15-,16-,17-/m1/s1. The summed E-state index contributed by atoms with van der Waals surface area (Å²) in [5.74, 6) is 1.06. The van der Waals surface area contributed by atoms with Gasteiger partial charge in [0.05, 0.1) is 24.1 Å². The molecule has 5 rings (SSSR count). The molecule has 124 valence electrons. The smallest absolute Gasteiger partial charge is 0.238 e. The molecule has 1 aromatic carbocycles. The topological polar surface area (TPSA) is 46.6 Å². The number of hydrogen-bond donors (Lipinski definition) is 0. The number of amides is 2. The van der Waals surface area contributed by atoms with Gasteiger partial charge in [-0.15, -0.1) is 0 Å². The number of rotatable bonds is 4. The Balaban J connectivity index is 1.43. The molecule has 24 heavy (non-hydrogen) atoms. The van der Waals surface area contributed by atoms with Crippen molar-refractivity contribution in [1.82, 2.24) is 0 Å². The molecule has 1 aliphatic heterocycles. The van der Waals surface area contributed by atoms with E-state index in [1.807, 2.05) is 24.3 Å². The summed E-state index contributed by atoms with van der Waals surface area (Å²) >= 11 is 0. The summed E-state index contributed by atoms with van der Waals surface area (Å²) in [6.07, 6.45) is 7.70. The van der Waals surface area contributed by atoms with E-state index in [-0.39, 0.29) is 40.9 Å². The maximum Gasteiger partial charge on any atom is 0.238 e. The SMILES string of the molecule is CCCOc1ccc(N2C(=O)[C@H]3[C@H](C2=O)[C@H]2C=C[C@H]3C23CC3)cc1. The molecule has 2 amide bonds. The lowest BCUT2D eigenvalue weighted by atomic mass is 9.85. The van der Waals surface area contributed by atoms with Crippen molar-refractivity contribution in [3.8, 4) is 5.75 Å². The summed E-state index contributed by atoms with van der Waals surface area (Å²) in [5, 5.41) is 0. The zero-order chi connectivity index (χ0) is 16.5. The fourth-order valence-corrected chi connectivity index (χ4v) is 5.24. The average molecular weight is 323 g/mol. The molecule has 4 nitrogen and oxygen atoms in total. The van der Waals surface area contributed by atoms with Crippen molar-refractivity contribution in [3.05, 3.63) is 36.4 Å². The van der Waals surface area contributed by atoms with E-state index < -0.39 is 0 Å². The first kappa shape index (κ1) is 14.3. The lowest BCUT2D eigenvalue weighted by molar-refractivity contribution is -0.123. The number of carbonyl (C=O) groups is 2. The lowest BCUT2D eigenvalue weighted by Gasteiger charge is -2.21. The second-order valence-corrected chi connectivity index (χ2v) is 7.58. The van der Waals surface area contributed by atoms with E-state index in [0.29, 0.717) is 12.3 Å². The monoisotopic (exact) mass is 323 g/mol. The van der Waals surface area contributed by atoms with E-state index in [1.54, 1.807) is 0 Å². The molecule has 1 saturated heterocycles. The zero-order valence-electron chi connectivity index (χ0n) is 13.8. The van der Waals surface area contributed by atoms with Crippen molar-refractivity contribution >= 4 is 17.5 Å². The van der Waals surface area contributed by atoms with Crippen molar-refractivity contribution in [2.24, 2.45) is 29.1 Å². The summed E-state index contributed by atoms with van der Waals surface area (Å²) in [7, 11) is 0. The molecule has 3 aliphatic carbocycles. The van der Waals surface area contributed by atoms with Crippen LogP contribution in [0.25, 0.3) is 0 Å². The predicted octanol–water partition coefficient (Wildman–Crippen LogP) is 3.18. The number of hydrogen-bond acceptors (Lipinski definition) is 3. The molecule has 4 heteroatoms. The second-order valence-electron chi connectivity index (χ2n) is 7.58. The Bertz CT molecular complexity index is 713. The molecular formula is C20H21NO3. The van der Waals surface area contributed by atoms with E-state index in [0.717, 1.165) is 12.2 Å². The molecule has 2 saturated carbocycles. The minimum atomic E-state index is -0.133. The number of allylic oxidation sites excluding steroid dienone is 2. The van der Waals surface area contributed by atoms with Gasteiger partial charge in [-0.1, -0.05) is 19.1 Å². The Hall–Kier alpha value is -2.10. The van der Waals surface area contributed by atoms with Crippen LogP contribution in [0.3, 0.4) is 0 Å². The molecule has 0 N–H and O–H groups in total. The fraction of sp³-hybridized carbons (Fsp3) is 0.500. The Kier molecular flexibility index (Phi) is 2.80. The van der Waals surface area contributed by atoms with Crippen LogP contribution in [-0.4, -0.2) is 18.4 Å². The Morgan fingerprint density at radius 2 is 1.62 bits per heavy atom. The molecule has 1 spiro atoms. The number of benzene rings is 1. The van der Waals surface area contributed by atoms with Crippen LogP contribution >= 0.6 is 0 Å². The van der Waals surface area contributed by atoms with Gasteiger partial charge in [0, 0.05) is 0 Å². The van der Waals surface area contributed by atoms with Crippen LogP contribution in [0, 0.1) is 29.1 Å². The van der Waals surface area contributed by atoms with Gasteiger partial charge >= 0.3 is 0 Å². The quantitative estimate of drug-likeness (QED) is 0.631. The fourth-order valence-electron chi connectivity index (χ4n) is 5.24. The second kappa shape index (κ2) is 4.71. The zero-order valence-corrected chi connectivity index (χ0v) is 13.8. The Morgan fingerprint density at radius 3 is 2.12 bits per heavy atom. The first-order valence-corrected chi connectivity index (χ1v) is 8.96. The van der Waals surface area contributed by atoms with Crippen molar-refractivity contribution < 1.29 is 14.3 Å². The maximum atomic E-state index is 13.0. The van der Waals surface area contributed by atoms with Crippen molar-refractivity contribution in [2.75, 3.05) is 11.5 Å². The molecule has 2 bridgehead atoms. The summed E-state index contributed by atoms with van der Waals surface area (Å²) < 4.78 is 5.58. The minimum Gasteiger partial charge on any atom is -0.494 e. The molecule has 4 aliphatic rings. The van der Waals surface area contributed by atoms with E-state index in [2.05, 4.69) is 19.1 Å². The molecule has 0 unspecified atom stereocenters. The van der Waals surface area contributed by atoms with Crippen LogP contribution in [0.2, 0.25) is 0 Å². The highest BCUT2D eigenvalue weighted by Gasteiger charge is 2.73. The van der Waals surface area contributed by atoms with Gasteiger partial charge in [-0.25, -0.2) is 0 Å². The molecular weight excluding hydrogens is 302 g/mol. The highest BCUT2D eigenvalue weighted by Crippen LogP contribution is 2.73. The normalized spacial score (nSPS) is 34.3. The molecule has 1 aromatic rings. The van der Waals surface area contributed by atoms with Crippen LogP contribution in [0.1, 0.15) is 26.2 Å². The first-order valence-electron chi connectivity index (χ1n) is 8.96. The van der Waals surface area contributed by atoms with Crippen molar-refractivity contribution in [3.63, 3.8) is 0 Å². The van der Waals surface area contributed by atoms with Gasteiger partial charge < -0.3 is 4.74 Å². The van der Waals surface area contributed by atoms with E-state index >= 15 is 0 Å². The van der Waals surface area contributed by atoms with Gasteiger partial charge in [0.2, 0.25) is 11.8 Å². The number of carbonyl (C=O) groups excluding carboxylic acids is 2. The highest BCUT2D eigenvalue weighted by atomic mass is 16.5. The molecule has 4 atom stereocenters. The molecule has 1 heterocycles. The summed E-state index contributed by atoms with van der Waals surface area (Å²) in [6, 6.07) is 7.33. The molecule has 0 radical (unpaired) electrons. The van der Waals surface area contributed by atoms with Crippen LogP contribution in [0.4, 0.5) is 5.69 Å². The van der Waals surface area contributed by atoms with Crippen LogP contribution in [-0.2, 0) is 9.59 Å². The summed E-state index contributed by atoms with van der Waals surface area (Å²) in [4.78, 5) is 27.4. The minimum absolute atomic E-state index is 0.00430. The molecule has 0 aromatic heterocycles. The van der Waals surface area contributed by atoms with Gasteiger partial charge in [0.25, 0.3) is 0 Å². The number of nitrogens with zero attached hydrogens (tertiary/aromatic N) is 1. The Labute approximate surface area is 141 Å². The first-order chi connectivity index (χ1) is 11.7. The number of imide groups is 1. The van der Waals surface area contributed by atoms with Gasteiger partial charge in [-0.3, -0.25) is 14.5 Å². The number of fused-ring (bicyclic) bond motifs is 3. The van der Waals surface area contributed by atoms with Gasteiger partial charge in [0.1, 0.15) is 5.75 Å². The molecule has 3 fully saturated rings. The third kappa shape index (κ3) is 1.64. The van der Waals surface area contributed by atoms with Crippen molar-refractivity contribution in [1.29, 1.82) is 0 Å². The predicted molar refractivity (Wildman–Crippen MR) is 89.5 cm³/mol. The Morgan fingerprint density at radius 1 is 1.04 bits per heavy atom. The van der Waals surface area contributed by atoms with Crippen LogP contribution in [0.15, 0.2) is 36.4 Å². The van der Waals surface area contributed by atoms with E-state index in [9.17, 15) is 9.59 Å². The third-order valence-electron chi connectivity index (χ3n) is 6.42. The lowest BCUT2D eigenvalue weighted by Crippen LogP contribution is -2.34. The summed E-state index contributed by atoms with van der Waals surface area (Å²) in [5.41, 5.74) is 0.928. The highest BCUT2D eigenvalue weighted by molar-refractivity contribution is 6.23.